The minimum absolute atomic E-state index is 0.0575. The molecule has 0 atom stereocenters. The number of nitrogens with zero attached hydrogens (tertiary/aromatic N) is 2. The Kier molecular flexibility index (Phi) is 4.16. The van der Waals surface area contributed by atoms with Crippen molar-refractivity contribution in [3.8, 4) is 0 Å². The molecule has 5 heteroatoms. The van der Waals surface area contributed by atoms with Crippen molar-refractivity contribution in [2.24, 2.45) is 0 Å². The molecule has 3 aromatic heterocycles. The highest BCUT2D eigenvalue weighted by molar-refractivity contribution is 6.20. The number of para-hydroxylation sites is 1. The molecule has 5 aromatic rings. The van der Waals surface area contributed by atoms with E-state index in [9.17, 15) is 9.59 Å². The summed E-state index contributed by atoms with van der Waals surface area (Å²) in [6, 6.07) is 17.1. The van der Waals surface area contributed by atoms with Crippen LogP contribution in [0.5, 0.6) is 0 Å². The highest BCUT2D eigenvalue weighted by atomic mass is 16.2. The number of nitrogens with one attached hydrogen (secondary N) is 1. The van der Waals surface area contributed by atoms with Crippen molar-refractivity contribution in [3.05, 3.63) is 70.6 Å². The molecule has 0 saturated carbocycles. The van der Waals surface area contributed by atoms with Gasteiger partial charge in [0.1, 0.15) is 5.69 Å². The lowest BCUT2D eigenvalue weighted by Crippen LogP contribution is -2.25. The van der Waals surface area contributed by atoms with Crippen molar-refractivity contribution in [1.82, 2.24) is 14.7 Å². The molecular weight excluding hydrogens is 362 g/mol. The van der Waals surface area contributed by atoms with E-state index < -0.39 is 0 Å². The maximum Gasteiger partial charge on any atom is 0.269 e. The highest BCUT2D eigenvalue weighted by Crippen LogP contribution is 2.33. The molecule has 1 amide bonds. The van der Waals surface area contributed by atoms with E-state index in [1.165, 1.54) is 0 Å². The van der Waals surface area contributed by atoms with Crippen LogP contribution in [-0.4, -0.2) is 21.8 Å². The second kappa shape index (κ2) is 6.85. The van der Waals surface area contributed by atoms with E-state index in [-0.39, 0.29) is 11.5 Å². The maximum absolute atomic E-state index is 13.2. The maximum atomic E-state index is 13.2. The average molecular weight is 383 g/mol. The summed E-state index contributed by atoms with van der Waals surface area (Å²) in [6.07, 6.45) is 3.14. The van der Waals surface area contributed by atoms with Gasteiger partial charge in [-0.1, -0.05) is 56.2 Å². The van der Waals surface area contributed by atoms with E-state index in [4.69, 9.17) is 4.98 Å². The number of aromatic nitrogens is 2. The van der Waals surface area contributed by atoms with Gasteiger partial charge in [-0.25, -0.2) is 4.98 Å². The van der Waals surface area contributed by atoms with Gasteiger partial charge in [0.2, 0.25) is 0 Å². The number of pyridine rings is 2. The third-order valence-electron chi connectivity index (χ3n) is 5.57. The largest absolute Gasteiger partial charge is 0.351 e. The van der Waals surface area contributed by atoms with E-state index in [2.05, 4.69) is 12.2 Å². The molecule has 3 heterocycles. The minimum Gasteiger partial charge on any atom is -0.351 e. The molecule has 0 saturated heterocycles. The van der Waals surface area contributed by atoms with Crippen LogP contribution in [0.2, 0.25) is 0 Å². The van der Waals surface area contributed by atoms with Crippen molar-refractivity contribution in [2.75, 3.05) is 6.54 Å². The van der Waals surface area contributed by atoms with Crippen LogP contribution in [-0.2, 0) is 0 Å². The topological polar surface area (TPSA) is 63.5 Å². The van der Waals surface area contributed by atoms with Gasteiger partial charge in [-0.3, -0.25) is 14.0 Å². The summed E-state index contributed by atoms with van der Waals surface area (Å²) >= 11 is 0. The van der Waals surface area contributed by atoms with E-state index in [1.54, 1.807) is 4.40 Å². The van der Waals surface area contributed by atoms with Crippen molar-refractivity contribution >= 4 is 44.0 Å². The number of unbranched alkanes of at least 4 members (excludes halogenated alkanes) is 2. The zero-order valence-electron chi connectivity index (χ0n) is 16.2. The van der Waals surface area contributed by atoms with E-state index in [0.717, 1.165) is 46.5 Å². The number of hydrogen-bond donors (Lipinski definition) is 1. The molecule has 2 aromatic carbocycles. The molecule has 0 radical (unpaired) electrons. The lowest BCUT2D eigenvalue weighted by atomic mass is 10.1. The van der Waals surface area contributed by atoms with Gasteiger partial charge in [0.25, 0.3) is 11.5 Å². The second-order valence-corrected chi connectivity index (χ2v) is 7.42. The van der Waals surface area contributed by atoms with Gasteiger partial charge in [0.15, 0.2) is 0 Å². The van der Waals surface area contributed by atoms with Gasteiger partial charge < -0.3 is 5.32 Å². The van der Waals surface area contributed by atoms with Crippen LogP contribution in [0.4, 0.5) is 0 Å². The molecular formula is C24H21N3O2. The van der Waals surface area contributed by atoms with Gasteiger partial charge in [-0.2, -0.15) is 0 Å². The fourth-order valence-corrected chi connectivity index (χ4v) is 4.17. The lowest BCUT2D eigenvalue weighted by molar-refractivity contribution is 0.0948. The molecule has 0 aliphatic carbocycles. The number of carbonyl (C=O) groups excluding carboxylic acids is 1. The summed E-state index contributed by atoms with van der Waals surface area (Å²) in [5, 5.41) is 6.20. The molecule has 0 aliphatic heterocycles. The van der Waals surface area contributed by atoms with E-state index >= 15 is 0 Å². The van der Waals surface area contributed by atoms with E-state index in [1.807, 2.05) is 54.6 Å². The van der Waals surface area contributed by atoms with Crippen molar-refractivity contribution < 1.29 is 4.79 Å². The average Bonchev–Trinajstić information content (AvgIpc) is 3.10. The first-order valence-electron chi connectivity index (χ1n) is 10.1. The van der Waals surface area contributed by atoms with Gasteiger partial charge in [0.05, 0.1) is 16.6 Å². The first-order chi connectivity index (χ1) is 14.2. The number of carbonyl (C=O) groups is 1. The Morgan fingerprint density at radius 3 is 2.48 bits per heavy atom. The van der Waals surface area contributed by atoms with Crippen LogP contribution in [0.25, 0.3) is 38.1 Å². The summed E-state index contributed by atoms with van der Waals surface area (Å²) in [5.41, 5.74) is 2.63. The number of amides is 1. The van der Waals surface area contributed by atoms with Gasteiger partial charge in [-0.15, -0.1) is 0 Å². The zero-order valence-corrected chi connectivity index (χ0v) is 16.2. The first kappa shape index (κ1) is 17.6. The summed E-state index contributed by atoms with van der Waals surface area (Å²) < 4.78 is 1.73. The predicted octanol–water partition coefficient (Wildman–Crippen LogP) is 4.51. The molecule has 5 rings (SSSR count). The zero-order chi connectivity index (χ0) is 20.0. The highest BCUT2D eigenvalue weighted by Gasteiger charge is 2.20. The molecule has 29 heavy (non-hydrogen) atoms. The standard InChI is InChI=1S/C24H21N3O2/c1-2-3-8-13-25-23(28)19-14-18-15-9-6-7-12-20(15)27-22(18)21(26-19)16-10-4-5-11-17(16)24(27)29/h4-7,9-12,14H,2-3,8,13H2,1H3,(H,25,28). The Hall–Kier alpha value is -3.47. The third kappa shape index (κ3) is 2.65. The van der Waals surface area contributed by atoms with Crippen LogP contribution in [0.15, 0.2) is 59.4 Å². The van der Waals surface area contributed by atoms with E-state index in [0.29, 0.717) is 23.1 Å². The van der Waals surface area contributed by atoms with Gasteiger partial charge in [-0.05, 0) is 24.6 Å². The van der Waals surface area contributed by atoms with Crippen LogP contribution in [0.1, 0.15) is 36.7 Å². The van der Waals surface area contributed by atoms with Crippen LogP contribution in [0, 0.1) is 0 Å². The van der Waals surface area contributed by atoms with Crippen LogP contribution < -0.4 is 10.9 Å². The number of fused-ring (bicyclic) bond motifs is 5. The summed E-state index contributed by atoms with van der Waals surface area (Å²) in [7, 11) is 0. The SMILES string of the molecule is CCCCCNC(=O)c1cc2c3ccccc3n3c(=O)c4ccccc4c(n1)c23. The quantitative estimate of drug-likeness (QED) is 0.359. The second-order valence-electron chi connectivity index (χ2n) is 7.42. The minimum atomic E-state index is -0.175. The lowest BCUT2D eigenvalue weighted by Gasteiger charge is -2.08. The third-order valence-corrected chi connectivity index (χ3v) is 5.57. The molecule has 0 aliphatic rings. The monoisotopic (exact) mass is 383 g/mol. The molecule has 144 valence electrons. The van der Waals surface area contributed by atoms with Crippen molar-refractivity contribution in [1.29, 1.82) is 0 Å². The molecule has 0 bridgehead atoms. The Morgan fingerprint density at radius 1 is 0.966 bits per heavy atom. The first-order valence-corrected chi connectivity index (χ1v) is 10.1. The van der Waals surface area contributed by atoms with Crippen molar-refractivity contribution in [3.63, 3.8) is 0 Å². The Morgan fingerprint density at radius 2 is 1.69 bits per heavy atom. The summed E-state index contributed by atoms with van der Waals surface area (Å²) in [4.78, 5) is 30.8. The molecule has 0 spiro atoms. The fourth-order valence-electron chi connectivity index (χ4n) is 4.17. The molecule has 1 N–H and O–H groups in total. The fraction of sp³-hybridized carbons (Fsp3) is 0.208. The predicted molar refractivity (Wildman–Crippen MR) is 117 cm³/mol. The van der Waals surface area contributed by atoms with Gasteiger partial charge in [0, 0.05) is 28.1 Å². The number of hydrogen-bond acceptors (Lipinski definition) is 3. The Bertz CT molecular complexity index is 1440. The van der Waals surface area contributed by atoms with Crippen LogP contribution in [0.3, 0.4) is 0 Å². The van der Waals surface area contributed by atoms with Crippen LogP contribution >= 0.6 is 0 Å². The van der Waals surface area contributed by atoms with Gasteiger partial charge >= 0.3 is 0 Å². The Balaban J connectivity index is 1.82. The summed E-state index contributed by atoms with van der Waals surface area (Å²) in [6.45, 7) is 2.77. The van der Waals surface area contributed by atoms with Crippen molar-refractivity contribution in [2.45, 2.75) is 26.2 Å². The molecule has 0 unspecified atom stereocenters. The summed E-state index contributed by atoms with van der Waals surface area (Å²) in [5.74, 6) is -0.175. The number of rotatable bonds is 5. The molecule has 5 nitrogen and oxygen atoms in total. The Labute approximate surface area is 167 Å². The smallest absolute Gasteiger partial charge is 0.269 e. The normalized spacial score (nSPS) is 11.8. The molecule has 0 fully saturated rings. The number of benzene rings is 2.